The number of hydrogen-bond acceptors (Lipinski definition) is 3. The molecule has 1 aromatic carbocycles. The van der Waals surface area contributed by atoms with Gasteiger partial charge < -0.3 is 20.7 Å². The fraction of sp³-hybridized carbons (Fsp3) is 0.650. The first-order valence-electron chi connectivity index (χ1n) is 9.61. The van der Waals surface area contributed by atoms with Crippen LogP contribution in [0.3, 0.4) is 0 Å². The zero-order chi connectivity index (χ0) is 17.6. The van der Waals surface area contributed by atoms with Gasteiger partial charge in [-0.05, 0) is 49.3 Å². The lowest BCUT2D eigenvalue weighted by atomic mass is 9.89. The number of primary amides is 1. The van der Waals surface area contributed by atoms with Crippen LogP contribution in [-0.4, -0.2) is 36.2 Å². The summed E-state index contributed by atoms with van der Waals surface area (Å²) < 4.78 is 6.14. The number of nitrogens with one attached hydrogen (secondary N) is 1. The SMILES string of the molecule is C[C@H]1CCC[C@@H](OCc2cccc(NC3CCN(C(N)=O)CC3)c2)C1. The molecule has 3 rings (SSSR count). The monoisotopic (exact) mass is 345 g/mol. The Kier molecular flexibility index (Phi) is 6.19. The lowest BCUT2D eigenvalue weighted by Gasteiger charge is -2.31. The van der Waals surface area contributed by atoms with Crippen molar-refractivity contribution in [1.29, 1.82) is 0 Å². The van der Waals surface area contributed by atoms with E-state index >= 15 is 0 Å². The zero-order valence-electron chi connectivity index (χ0n) is 15.2. The van der Waals surface area contributed by atoms with E-state index < -0.39 is 0 Å². The summed E-state index contributed by atoms with van der Waals surface area (Å²) in [4.78, 5) is 12.9. The number of piperidine rings is 1. The minimum atomic E-state index is -0.311. The highest BCUT2D eigenvalue weighted by atomic mass is 16.5. The molecule has 0 aromatic heterocycles. The molecule has 0 spiro atoms. The second-order valence-electron chi connectivity index (χ2n) is 7.65. The molecule has 2 atom stereocenters. The smallest absolute Gasteiger partial charge is 0.314 e. The molecule has 1 aliphatic heterocycles. The number of nitrogens with two attached hydrogens (primary N) is 1. The number of carbonyl (C=O) groups excluding carboxylic acids is 1. The first kappa shape index (κ1) is 18.1. The van der Waals surface area contributed by atoms with Gasteiger partial charge in [-0.15, -0.1) is 0 Å². The lowest BCUT2D eigenvalue weighted by molar-refractivity contribution is 0.00468. The van der Waals surface area contributed by atoms with Crippen molar-refractivity contribution in [3.05, 3.63) is 29.8 Å². The molecule has 25 heavy (non-hydrogen) atoms. The van der Waals surface area contributed by atoms with Crippen LogP contribution in [0.15, 0.2) is 24.3 Å². The quantitative estimate of drug-likeness (QED) is 0.854. The highest BCUT2D eigenvalue weighted by Gasteiger charge is 2.21. The van der Waals surface area contributed by atoms with Crippen molar-refractivity contribution in [2.75, 3.05) is 18.4 Å². The first-order valence-corrected chi connectivity index (χ1v) is 9.61. The van der Waals surface area contributed by atoms with Gasteiger partial charge in [0.2, 0.25) is 0 Å². The van der Waals surface area contributed by atoms with Crippen LogP contribution in [0.5, 0.6) is 0 Å². The Morgan fingerprint density at radius 2 is 2.08 bits per heavy atom. The van der Waals surface area contributed by atoms with Crippen molar-refractivity contribution in [2.45, 2.75) is 64.2 Å². The Balaban J connectivity index is 1.47. The van der Waals surface area contributed by atoms with Crippen LogP contribution in [0.4, 0.5) is 10.5 Å². The molecule has 0 radical (unpaired) electrons. The van der Waals surface area contributed by atoms with Crippen LogP contribution >= 0.6 is 0 Å². The number of benzene rings is 1. The second-order valence-corrected chi connectivity index (χ2v) is 7.65. The summed E-state index contributed by atoms with van der Waals surface area (Å²) in [6.07, 6.45) is 7.30. The summed E-state index contributed by atoms with van der Waals surface area (Å²) in [5.41, 5.74) is 7.70. The van der Waals surface area contributed by atoms with E-state index in [0.29, 0.717) is 18.8 Å². The predicted molar refractivity (Wildman–Crippen MR) is 100 cm³/mol. The maximum absolute atomic E-state index is 11.2. The van der Waals surface area contributed by atoms with Crippen LogP contribution in [0.2, 0.25) is 0 Å². The van der Waals surface area contributed by atoms with E-state index in [0.717, 1.165) is 37.5 Å². The summed E-state index contributed by atoms with van der Waals surface area (Å²) in [6, 6.07) is 8.59. The lowest BCUT2D eigenvalue weighted by Crippen LogP contribution is -2.44. The number of amides is 2. The first-order chi connectivity index (χ1) is 12.1. The Hall–Kier alpha value is -1.75. The Morgan fingerprint density at radius 3 is 2.80 bits per heavy atom. The van der Waals surface area contributed by atoms with Gasteiger partial charge in [0, 0.05) is 24.8 Å². The van der Waals surface area contributed by atoms with Crippen molar-refractivity contribution in [1.82, 2.24) is 4.90 Å². The van der Waals surface area contributed by atoms with Crippen molar-refractivity contribution in [2.24, 2.45) is 11.7 Å². The molecule has 1 aliphatic carbocycles. The molecule has 138 valence electrons. The molecule has 2 aliphatic rings. The van der Waals surface area contributed by atoms with Gasteiger partial charge in [0.05, 0.1) is 12.7 Å². The Labute approximate surface area is 150 Å². The summed E-state index contributed by atoms with van der Waals surface area (Å²) >= 11 is 0. The van der Waals surface area contributed by atoms with E-state index in [2.05, 4.69) is 36.5 Å². The van der Waals surface area contributed by atoms with E-state index in [1.165, 1.54) is 31.2 Å². The standard InChI is InChI=1S/C20H31N3O2/c1-15-4-2-7-19(12-15)25-14-16-5-3-6-18(13-16)22-17-8-10-23(11-9-17)20(21)24/h3,5-6,13,15,17,19,22H,2,4,7-12,14H2,1H3,(H2,21,24)/t15-,19+/m0/s1. The van der Waals surface area contributed by atoms with E-state index in [1.807, 2.05) is 0 Å². The van der Waals surface area contributed by atoms with Crippen LogP contribution in [0.25, 0.3) is 0 Å². The largest absolute Gasteiger partial charge is 0.382 e. The van der Waals surface area contributed by atoms with E-state index in [4.69, 9.17) is 10.5 Å². The number of ether oxygens (including phenoxy) is 1. The highest BCUT2D eigenvalue weighted by Crippen LogP contribution is 2.26. The van der Waals surface area contributed by atoms with Gasteiger partial charge in [-0.2, -0.15) is 0 Å². The van der Waals surface area contributed by atoms with Crippen molar-refractivity contribution < 1.29 is 9.53 Å². The molecule has 0 bridgehead atoms. The van der Waals surface area contributed by atoms with Crippen LogP contribution in [0, 0.1) is 5.92 Å². The third-order valence-corrected chi connectivity index (χ3v) is 5.48. The van der Waals surface area contributed by atoms with E-state index in [-0.39, 0.29) is 6.03 Å². The number of rotatable bonds is 5. The van der Waals surface area contributed by atoms with Crippen LogP contribution in [-0.2, 0) is 11.3 Å². The molecule has 1 heterocycles. The summed E-state index contributed by atoms with van der Waals surface area (Å²) in [5.74, 6) is 0.790. The average molecular weight is 345 g/mol. The molecule has 1 saturated carbocycles. The fourth-order valence-corrected chi connectivity index (χ4v) is 3.97. The van der Waals surface area contributed by atoms with E-state index in [9.17, 15) is 4.79 Å². The zero-order valence-corrected chi connectivity index (χ0v) is 15.2. The van der Waals surface area contributed by atoms with Gasteiger partial charge in [-0.3, -0.25) is 0 Å². The fourth-order valence-electron chi connectivity index (χ4n) is 3.97. The van der Waals surface area contributed by atoms with Crippen LogP contribution in [0.1, 0.15) is 51.0 Å². The molecule has 1 saturated heterocycles. The average Bonchev–Trinajstić information content (AvgIpc) is 2.61. The minimum absolute atomic E-state index is 0.311. The summed E-state index contributed by atoms with van der Waals surface area (Å²) in [6.45, 7) is 4.47. The van der Waals surface area contributed by atoms with Gasteiger partial charge in [-0.25, -0.2) is 4.79 Å². The normalized spacial score (nSPS) is 24.9. The number of hydrogen-bond donors (Lipinski definition) is 2. The molecule has 2 amide bonds. The highest BCUT2D eigenvalue weighted by molar-refractivity contribution is 5.72. The van der Waals surface area contributed by atoms with E-state index in [1.54, 1.807) is 4.90 Å². The van der Waals surface area contributed by atoms with Gasteiger partial charge >= 0.3 is 6.03 Å². The van der Waals surface area contributed by atoms with Crippen molar-refractivity contribution >= 4 is 11.7 Å². The molecule has 5 nitrogen and oxygen atoms in total. The van der Waals surface area contributed by atoms with Gasteiger partial charge in [0.1, 0.15) is 0 Å². The number of carbonyl (C=O) groups is 1. The summed E-state index contributed by atoms with van der Waals surface area (Å²) in [5, 5.41) is 3.59. The molecule has 2 fully saturated rings. The third-order valence-electron chi connectivity index (χ3n) is 5.48. The molecule has 3 N–H and O–H groups in total. The third kappa shape index (κ3) is 5.36. The number of nitrogens with zero attached hydrogens (tertiary/aromatic N) is 1. The maximum atomic E-state index is 11.2. The molecule has 1 aromatic rings. The summed E-state index contributed by atoms with van der Waals surface area (Å²) in [7, 11) is 0. The Morgan fingerprint density at radius 1 is 1.28 bits per heavy atom. The maximum Gasteiger partial charge on any atom is 0.314 e. The number of urea groups is 1. The number of anilines is 1. The number of likely N-dealkylation sites (tertiary alicyclic amines) is 1. The van der Waals surface area contributed by atoms with Gasteiger partial charge in [0.15, 0.2) is 0 Å². The predicted octanol–water partition coefficient (Wildman–Crippen LogP) is 3.74. The Bertz CT molecular complexity index is 570. The van der Waals surface area contributed by atoms with Gasteiger partial charge in [0.25, 0.3) is 0 Å². The van der Waals surface area contributed by atoms with Crippen molar-refractivity contribution in [3.63, 3.8) is 0 Å². The van der Waals surface area contributed by atoms with Crippen LogP contribution < -0.4 is 11.1 Å². The van der Waals surface area contributed by atoms with Crippen molar-refractivity contribution in [3.8, 4) is 0 Å². The van der Waals surface area contributed by atoms with Gasteiger partial charge in [-0.1, -0.05) is 31.9 Å². The second kappa shape index (κ2) is 8.56. The topological polar surface area (TPSA) is 67.6 Å². The minimum Gasteiger partial charge on any atom is -0.382 e. The molecular formula is C20H31N3O2. The molecule has 5 heteroatoms. The molecular weight excluding hydrogens is 314 g/mol. The molecule has 0 unspecified atom stereocenters.